The predicted octanol–water partition coefficient (Wildman–Crippen LogP) is 1.54. The van der Waals surface area contributed by atoms with Crippen molar-refractivity contribution in [3.8, 4) is 0 Å². The molecule has 3 rings (SSSR count). The van der Waals surface area contributed by atoms with Crippen LogP contribution in [0, 0.1) is 0 Å². The van der Waals surface area contributed by atoms with Crippen molar-refractivity contribution in [3.63, 3.8) is 0 Å². The zero-order valence-corrected chi connectivity index (χ0v) is 9.16. The van der Waals surface area contributed by atoms with Gasteiger partial charge in [0.25, 0.3) is 0 Å². The van der Waals surface area contributed by atoms with Crippen LogP contribution in [0.3, 0.4) is 0 Å². The van der Waals surface area contributed by atoms with Gasteiger partial charge in [0, 0.05) is 17.9 Å². The maximum absolute atomic E-state index is 4.64. The van der Waals surface area contributed by atoms with Crippen LogP contribution in [0.4, 0.5) is 0 Å². The first-order chi connectivity index (χ1) is 7.33. The number of hydrogen-bond acceptors (Lipinski definition) is 3. The Morgan fingerprint density at radius 2 is 2.07 bits per heavy atom. The van der Waals surface area contributed by atoms with Crippen LogP contribution in [0.5, 0.6) is 0 Å². The highest BCUT2D eigenvalue weighted by atomic mass is 15.2. The predicted molar refractivity (Wildman–Crippen MR) is 57.8 cm³/mol. The average Bonchev–Trinajstić information content (AvgIpc) is 2.97. The van der Waals surface area contributed by atoms with E-state index >= 15 is 0 Å². The molecule has 0 bridgehead atoms. The van der Waals surface area contributed by atoms with Crippen molar-refractivity contribution in [1.82, 2.24) is 20.5 Å². The molecule has 1 saturated heterocycles. The van der Waals surface area contributed by atoms with Gasteiger partial charge < -0.3 is 5.32 Å². The van der Waals surface area contributed by atoms with Gasteiger partial charge in [0.15, 0.2) is 5.82 Å². The summed E-state index contributed by atoms with van der Waals surface area (Å²) in [6.45, 7) is 3.33. The highest BCUT2D eigenvalue weighted by molar-refractivity contribution is 5.08. The summed E-state index contributed by atoms with van der Waals surface area (Å²) in [6.07, 6.45) is 4.92. The van der Waals surface area contributed by atoms with Crippen molar-refractivity contribution >= 4 is 0 Å². The fraction of sp³-hybridized carbons (Fsp3) is 0.818. The van der Waals surface area contributed by atoms with Crippen LogP contribution in [0.2, 0.25) is 0 Å². The fourth-order valence-electron chi connectivity index (χ4n) is 2.38. The van der Waals surface area contributed by atoms with E-state index in [1.165, 1.54) is 25.7 Å². The number of H-pyrrole nitrogens is 1. The van der Waals surface area contributed by atoms with Gasteiger partial charge in [0.2, 0.25) is 0 Å². The largest absolute Gasteiger partial charge is 0.314 e. The summed E-state index contributed by atoms with van der Waals surface area (Å²) in [5.74, 6) is 3.41. The molecule has 2 atom stereocenters. The Labute approximate surface area is 89.9 Å². The topological polar surface area (TPSA) is 53.6 Å². The van der Waals surface area contributed by atoms with Crippen LogP contribution in [0.25, 0.3) is 0 Å². The van der Waals surface area contributed by atoms with Gasteiger partial charge in [0.1, 0.15) is 5.82 Å². The molecule has 1 aliphatic heterocycles. The minimum atomic E-state index is 0.560. The molecule has 0 aromatic carbocycles. The molecule has 4 nitrogen and oxygen atoms in total. The molecule has 82 valence electrons. The lowest BCUT2D eigenvalue weighted by atomic mass is 9.93. The van der Waals surface area contributed by atoms with Crippen molar-refractivity contribution in [1.29, 1.82) is 0 Å². The van der Waals surface area contributed by atoms with Crippen LogP contribution >= 0.6 is 0 Å². The maximum Gasteiger partial charge on any atom is 0.153 e. The number of nitrogens with one attached hydrogen (secondary N) is 2. The smallest absolute Gasteiger partial charge is 0.153 e. The molecule has 0 radical (unpaired) electrons. The standard InChI is InChI=1S/C11H18N4/c1-7-6-9(4-5-12-7)11-13-10(14-15-11)8-2-3-8/h7-9,12H,2-6H2,1H3,(H,13,14,15). The summed E-state index contributed by atoms with van der Waals surface area (Å²) in [4.78, 5) is 4.64. The summed E-state index contributed by atoms with van der Waals surface area (Å²) < 4.78 is 0. The summed E-state index contributed by atoms with van der Waals surface area (Å²) in [5, 5.41) is 10.9. The molecule has 2 fully saturated rings. The van der Waals surface area contributed by atoms with Gasteiger partial charge in [-0.05, 0) is 39.2 Å². The lowest BCUT2D eigenvalue weighted by molar-refractivity contribution is 0.371. The number of piperidine rings is 1. The lowest BCUT2D eigenvalue weighted by Gasteiger charge is -2.25. The molecule has 0 spiro atoms. The van der Waals surface area contributed by atoms with E-state index in [0.717, 1.165) is 18.2 Å². The SMILES string of the molecule is CC1CC(c2n[nH]c(C3CC3)n2)CCN1. The lowest BCUT2D eigenvalue weighted by Crippen LogP contribution is -2.35. The van der Waals surface area contributed by atoms with Crippen molar-refractivity contribution < 1.29 is 0 Å². The molecular weight excluding hydrogens is 188 g/mol. The Morgan fingerprint density at radius 1 is 1.20 bits per heavy atom. The van der Waals surface area contributed by atoms with E-state index in [9.17, 15) is 0 Å². The third-order valence-corrected chi connectivity index (χ3v) is 3.47. The number of aromatic nitrogens is 3. The average molecular weight is 206 g/mol. The molecule has 4 heteroatoms. The number of nitrogens with zero attached hydrogens (tertiary/aromatic N) is 2. The van der Waals surface area contributed by atoms with Crippen molar-refractivity contribution in [2.75, 3.05) is 6.54 Å². The summed E-state index contributed by atoms with van der Waals surface area (Å²) in [5.41, 5.74) is 0. The van der Waals surface area contributed by atoms with Gasteiger partial charge in [-0.1, -0.05) is 0 Å². The minimum absolute atomic E-state index is 0.560. The zero-order chi connectivity index (χ0) is 10.3. The van der Waals surface area contributed by atoms with Crippen LogP contribution < -0.4 is 5.32 Å². The zero-order valence-electron chi connectivity index (χ0n) is 9.16. The van der Waals surface area contributed by atoms with Crippen molar-refractivity contribution in [2.24, 2.45) is 0 Å². The van der Waals surface area contributed by atoms with Crippen LogP contribution in [-0.4, -0.2) is 27.8 Å². The van der Waals surface area contributed by atoms with Gasteiger partial charge in [-0.2, -0.15) is 5.10 Å². The Kier molecular flexibility index (Phi) is 2.24. The van der Waals surface area contributed by atoms with Crippen molar-refractivity contribution in [3.05, 3.63) is 11.6 Å². The van der Waals surface area contributed by atoms with E-state index in [-0.39, 0.29) is 0 Å². The van der Waals surface area contributed by atoms with Gasteiger partial charge in [-0.25, -0.2) is 4.98 Å². The van der Waals surface area contributed by atoms with Gasteiger partial charge in [0.05, 0.1) is 0 Å². The highest BCUT2D eigenvalue weighted by Crippen LogP contribution is 2.38. The Bertz CT molecular complexity index is 342. The quantitative estimate of drug-likeness (QED) is 0.771. The Hall–Kier alpha value is -0.900. The molecule has 1 aliphatic carbocycles. The molecule has 0 amide bonds. The minimum Gasteiger partial charge on any atom is -0.314 e. The Morgan fingerprint density at radius 3 is 2.80 bits per heavy atom. The monoisotopic (exact) mass is 206 g/mol. The van der Waals surface area contributed by atoms with Gasteiger partial charge in [-0.15, -0.1) is 0 Å². The van der Waals surface area contributed by atoms with Crippen LogP contribution in [0.15, 0.2) is 0 Å². The molecule has 2 aliphatic rings. The second-order valence-corrected chi connectivity index (χ2v) is 4.93. The van der Waals surface area contributed by atoms with E-state index in [1.807, 2.05) is 0 Å². The maximum atomic E-state index is 4.64. The molecule has 1 saturated carbocycles. The number of hydrogen-bond donors (Lipinski definition) is 2. The summed E-state index contributed by atoms with van der Waals surface area (Å²) >= 11 is 0. The highest BCUT2D eigenvalue weighted by Gasteiger charge is 2.29. The summed E-state index contributed by atoms with van der Waals surface area (Å²) in [7, 11) is 0. The van der Waals surface area contributed by atoms with E-state index in [4.69, 9.17) is 0 Å². The van der Waals surface area contributed by atoms with E-state index in [2.05, 4.69) is 27.4 Å². The second-order valence-electron chi connectivity index (χ2n) is 4.93. The number of aromatic amines is 1. The van der Waals surface area contributed by atoms with Gasteiger partial charge in [-0.3, -0.25) is 5.10 Å². The first-order valence-electron chi connectivity index (χ1n) is 5.98. The number of rotatable bonds is 2. The van der Waals surface area contributed by atoms with E-state index in [1.54, 1.807) is 0 Å². The first-order valence-corrected chi connectivity index (χ1v) is 5.98. The van der Waals surface area contributed by atoms with Crippen molar-refractivity contribution in [2.45, 2.75) is 50.5 Å². The molecule has 1 aromatic heterocycles. The van der Waals surface area contributed by atoms with Crippen LogP contribution in [0.1, 0.15) is 56.1 Å². The third kappa shape index (κ3) is 1.91. The Balaban J connectivity index is 1.73. The molecule has 2 unspecified atom stereocenters. The third-order valence-electron chi connectivity index (χ3n) is 3.47. The first kappa shape index (κ1) is 9.33. The van der Waals surface area contributed by atoms with E-state index < -0.39 is 0 Å². The molecule has 2 heterocycles. The molecule has 15 heavy (non-hydrogen) atoms. The fourth-order valence-corrected chi connectivity index (χ4v) is 2.38. The second kappa shape index (κ2) is 3.59. The summed E-state index contributed by atoms with van der Waals surface area (Å²) in [6, 6.07) is 0.603. The molecule has 2 N–H and O–H groups in total. The van der Waals surface area contributed by atoms with E-state index in [0.29, 0.717) is 17.9 Å². The normalized spacial score (nSPS) is 31.8. The molecule has 1 aromatic rings. The van der Waals surface area contributed by atoms with Crippen LogP contribution in [-0.2, 0) is 0 Å². The molecular formula is C11H18N4. The van der Waals surface area contributed by atoms with Gasteiger partial charge >= 0.3 is 0 Å².